The molecule has 0 aromatic rings. The normalized spacial score (nSPS) is 27.0. The zero-order chi connectivity index (χ0) is 6.53. The van der Waals surface area contributed by atoms with E-state index < -0.39 is 0 Å². The summed E-state index contributed by atoms with van der Waals surface area (Å²) >= 11 is 0. The lowest BCUT2D eigenvalue weighted by molar-refractivity contribution is 0.0987. The minimum atomic E-state index is 0.671. The van der Waals surface area contributed by atoms with Crippen LogP contribution in [0.1, 0.15) is 13.3 Å². The van der Waals surface area contributed by atoms with Crippen molar-refractivity contribution in [1.82, 2.24) is 0 Å². The molecule has 1 unspecified atom stereocenters. The summed E-state index contributed by atoms with van der Waals surface area (Å²) in [4.78, 5) is 0. The molecular formula is C7H14O2. The van der Waals surface area contributed by atoms with Crippen molar-refractivity contribution in [3.8, 4) is 0 Å². The molecule has 54 valence electrons. The molecule has 0 N–H and O–H groups in total. The Morgan fingerprint density at radius 3 is 3.11 bits per heavy atom. The fourth-order valence-corrected chi connectivity index (χ4v) is 0.999. The van der Waals surface area contributed by atoms with Crippen molar-refractivity contribution in [2.45, 2.75) is 13.3 Å². The van der Waals surface area contributed by atoms with Gasteiger partial charge in [0, 0.05) is 19.1 Å². The van der Waals surface area contributed by atoms with E-state index in [2.05, 4.69) is 0 Å². The Morgan fingerprint density at radius 2 is 2.56 bits per heavy atom. The van der Waals surface area contributed by atoms with Gasteiger partial charge in [-0.05, 0) is 13.3 Å². The van der Waals surface area contributed by atoms with E-state index in [0.717, 1.165) is 26.4 Å². The first kappa shape index (κ1) is 7.03. The van der Waals surface area contributed by atoms with Crippen LogP contribution in [0.2, 0.25) is 0 Å². The third kappa shape index (κ3) is 2.33. The smallest absolute Gasteiger partial charge is 0.0517 e. The van der Waals surface area contributed by atoms with Crippen LogP contribution in [0.3, 0.4) is 0 Å². The van der Waals surface area contributed by atoms with Gasteiger partial charge in [0.2, 0.25) is 0 Å². The molecule has 1 aliphatic heterocycles. The number of hydrogen-bond donors (Lipinski definition) is 0. The maximum atomic E-state index is 5.24. The quantitative estimate of drug-likeness (QED) is 0.568. The Kier molecular flexibility index (Phi) is 3.01. The molecule has 0 aromatic carbocycles. The van der Waals surface area contributed by atoms with E-state index in [1.54, 1.807) is 0 Å². The second-order valence-corrected chi connectivity index (χ2v) is 2.39. The van der Waals surface area contributed by atoms with E-state index in [1.165, 1.54) is 6.42 Å². The van der Waals surface area contributed by atoms with Gasteiger partial charge in [-0.2, -0.15) is 0 Å². The van der Waals surface area contributed by atoms with Crippen LogP contribution >= 0.6 is 0 Å². The monoisotopic (exact) mass is 130 g/mol. The van der Waals surface area contributed by atoms with Gasteiger partial charge in [0.15, 0.2) is 0 Å². The van der Waals surface area contributed by atoms with Crippen molar-refractivity contribution in [2.75, 3.05) is 26.4 Å². The molecule has 1 atom stereocenters. The van der Waals surface area contributed by atoms with Crippen LogP contribution in [0.15, 0.2) is 0 Å². The highest BCUT2D eigenvalue weighted by atomic mass is 16.5. The van der Waals surface area contributed by atoms with E-state index in [9.17, 15) is 0 Å². The van der Waals surface area contributed by atoms with Crippen LogP contribution in [-0.2, 0) is 9.47 Å². The van der Waals surface area contributed by atoms with Gasteiger partial charge in [-0.3, -0.25) is 0 Å². The van der Waals surface area contributed by atoms with Crippen LogP contribution in [-0.4, -0.2) is 26.4 Å². The first-order chi connectivity index (χ1) is 4.43. The minimum Gasteiger partial charge on any atom is -0.381 e. The van der Waals surface area contributed by atoms with Crippen molar-refractivity contribution >= 4 is 0 Å². The molecule has 2 heteroatoms. The van der Waals surface area contributed by atoms with Crippen LogP contribution in [0, 0.1) is 5.92 Å². The maximum absolute atomic E-state index is 5.24. The lowest BCUT2D eigenvalue weighted by Gasteiger charge is -2.05. The molecule has 1 rings (SSSR count). The Labute approximate surface area is 56.2 Å². The summed E-state index contributed by atoms with van der Waals surface area (Å²) < 4.78 is 10.4. The highest BCUT2D eigenvalue weighted by Crippen LogP contribution is 2.11. The summed E-state index contributed by atoms with van der Waals surface area (Å²) in [5.41, 5.74) is 0. The fourth-order valence-electron chi connectivity index (χ4n) is 0.999. The van der Waals surface area contributed by atoms with E-state index in [4.69, 9.17) is 9.47 Å². The molecule has 9 heavy (non-hydrogen) atoms. The van der Waals surface area contributed by atoms with Crippen molar-refractivity contribution in [2.24, 2.45) is 5.92 Å². The lowest BCUT2D eigenvalue weighted by atomic mass is 10.1. The summed E-state index contributed by atoms with van der Waals surface area (Å²) in [5, 5.41) is 0. The topological polar surface area (TPSA) is 18.5 Å². The van der Waals surface area contributed by atoms with E-state index >= 15 is 0 Å². The molecule has 0 amide bonds. The van der Waals surface area contributed by atoms with Gasteiger partial charge in [-0.25, -0.2) is 0 Å². The van der Waals surface area contributed by atoms with Crippen LogP contribution in [0.4, 0.5) is 0 Å². The zero-order valence-corrected chi connectivity index (χ0v) is 5.93. The third-order valence-corrected chi connectivity index (χ3v) is 1.58. The number of hydrogen-bond acceptors (Lipinski definition) is 2. The highest BCUT2D eigenvalue weighted by Gasteiger charge is 2.14. The Hall–Kier alpha value is -0.0800. The molecule has 0 aromatic heterocycles. The fraction of sp³-hybridized carbons (Fsp3) is 1.00. The van der Waals surface area contributed by atoms with Crippen LogP contribution in [0.5, 0.6) is 0 Å². The second kappa shape index (κ2) is 3.85. The number of rotatable bonds is 3. The molecule has 1 fully saturated rings. The summed E-state index contributed by atoms with van der Waals surface area (Å²) in [6.45, 7) is 5.57. The van der Waals surface area contributed by atoms with Gasteiger partial charge in [-0.15, -0.1) is 0 Å². The molecule has 0 aliphatic carbocycles. The average Bonchev–Trinajstić information content (AvgIpc) is 2.34. The Balaban J connectivity index is 1.98. The Bertz CT molecular complexity index is 67.3. The van der Waals surface area contributed by atoms with Crippen LogP contribution in [0.25, 0.3) is 0 Å². The summed E-state index contributed by atoms with van der Waals surface area (Å²) in [6.07, 6.45) is 1.18. The maximum Gasteiger partial charge on any atom is 0.0517 e. The molecule has 0 radical (unpaired) electrons. The zero-order valence-electron chi connectivity index (χ0n) is 5.93. The van der Waals surface area contributed by atoms with Gasteiger partial charge in [0.25, 0.3) is 0 Å². The van der Waals surface area contributed by atoms with Crippen molar-refractivity contribution in [1.29, 1.82) is 0 Å². The third-order valence-electron chi connectivity index (χ3n) is 1.58. The first-order valence-electron chi connectivity index (χ1n) is 3.59. The standard InChI is InChI=1S/C7H14O2/c1-2-8-5-7-3-4-9-6-7/h7H,2-6H2,1H3. The predicted octanol–water partition coefficient (Wildman–Crippen LogP) is 1.06. The summed E-state index contributed by atoms with van der Waals surface area (Å²) in [6, 6.07) is 0. The Morgan fingerprint density at radius 1 is 1.67 bits per heavy atom. The van der Waals surface area contributed by atoms with Crippen LogP contribution < -0.4 is 0 Å². The molecule has 0 bridgehead atoms. The van der Waals surface area contributed by atoms with Crippen molar-refractivity contribution in [3.05, 3.63) is 0 Å². The molecule has 2 nitrogen and oxygen atoms in total. The molecule has 0 saturated carbocycles. The van der Waals surface area contributed by atoms with Gasteiger partial charge in [0.1, 0.15) is 0 Å². The molecule has 1 heterocycles. The van der Waals surface area contributed by atoms with Gasteiger partial charge < -0.3 is 9.47 Å². The second-order valence-electron chi connectivity index (χ2n) is 2.39. The summed E-state index contributed by atoms with van der Waals surface area (Å²) in [7, 11) is 0. The average molecular weight is 130 g/mol. The van der Waals surface area contributed by atoms with Crippen molar-refractivity contribution in [3.63, 3.8) is 0 Å². The highest BCUT2D eigenvalue weighted by molar-refractivity contribution is 4.62. The first-order valence-corrected chi connectivity index (χ1v) is 3.59. The largest absolute Gasteiger partial charge is 0.381 e. The molecule has 1 saturated heterocycles. The molecular weight excluding hydrogens is 116 g/mol. The number of ether oxygens (including phenoxy) is 2. The lowest BCUT2D eigenvalue weighted by Crippen LogP contribution is -2.08. The van der Waals surface area contributed by atoms with E-state index in [-0.39, 0.29) is 0 Å². The predicted molar refractivity (Wildman–Crippen MR) is 35.4 cm³/mol. The van der Waals surface area contributed by atoms with E-state index in [1.807, 2.05) is 6.92 Å². The molecule has 1 aliphatic rings. The van der Waals surface area contributed by atoms with Gasteiger partial charge >= 0.3 is 0 Å². The van der Waals surface area contributed by atoms with Gasteiger partial charge in [0.05, 0.1) is 13.2 Å². The summed E-state index contributed by atoms with van der Waals surface area (Å²) in [5.74, 6) is 0.671. The minimum absolute atomic E-state index is 0.671. The molecule has 0 spiro atoms. The SMILES string of the molecule is CCOCC1CCOC1. The van der Waals surface area contributed by atoms with E-state index in [0.29, 0.717) is 5.92 Å². The van der Waals surface area contributed by atoms with Crippen molar-refractivity contribution < 1.29 is 9.47 Å². The van der Waals surface area contributed by atoms with Gasteiger partial charge in [-0.1, -0.05) is 0 Å².